The molecule has 1 aliphatic heterocycles. The van der Waals surface area contributed by atoms with Crippen LogP contribution >= 0.6 is 0 Å². The van der Waals surface area contributed by atoms with Crippen molar-refractivity contribution in [3.8, 4) is 0 Å². The summed E-state index contributed by atoms with van der Waals surface area (Å²) in [4.78, 5) is 42.3. The second kappa shape index (κ2) is 12.4. The molecule has 8 nitrogen and oxygen atoms in total. The maximum atomic E-state index is 12.6. The van der Waals surface area contributed by atoms with Crippen molar-refractivity contribution >= 4 is 29.2 Å². The van der Waals surface area contributed by atoms with Crippen molar-refractivity contribution in [1.82, 2.24) is 10.2 Å². The highest BCUT2D eigenvalue weighted by atomic mass is 16.5. The Morgan fingerprint density at radius 3 is 2.29 bits per heavy atom. The molecule has 1 atom stereocenters. The van der Waals surface area contributed by atoms with Gasteiger partial charge in [-0.1, -0.05) is 38.5 Å². The van der Waals surface area contributed by atoms with E-state index >= 15 is 0 Å². The van der Waals surface area contributed by atoms with E-state index in [-0.39, 0.29) is 11.8 Å². The number of likely N-dealkylation sites (N-methyl/N-ethyl adjacent to an activating group) is 1. The molecule has 1 saturated heterocycles. The number of nitrogens with one attached hydrogen (secondary N) is 2. The van der Waals surface area contributed by atoms with Crippen LogP contribution in [-0.4, -0.2) is 68.1 Å². The van der Waals surface area contributed by atoms with Gasteiger partial charge in [-0.05, 0) is 55.8 Å². The normalized spacial score (nSPS) is 14.9. The van der Waals surface area contributed by atoms with E-state index in [0.717, 1.165) is 44.0 Å². The molecule has 1 fully saturated rings. The monoisotopic (exact) mass is 480 g/mol. The smallest absolute Gasteiger partial charge is 0.329 e. The predicted molar refractivity (Wildman–Crippen MR) is 138 cm³/mol. The third-order valence-corrected chi connectivity index (χ3v) is 6.17. The average molecular weight is 481 g/mol. The lowest BCUT2D eigenvalue weighted by molar-refractivity contribution is -0.150. The highest BCUT2D eigenvalue weighted by Gasteiger charge is 2.27. The van der Waals surface area contributed by atoms with E-state index in [9.17, 15) is 14.4 Å². The summed E-state index contributed by atoms with van der Waals surface area (Å²) < 4.78 is 5.22. The topological polar surface area (TPSA) is 91.0 Å². The lowest BCUT2D eigenvalue weighted by Gasteiger charge is -2.35. The molecule has 0 unspecified atom stereocenters. The summed E-state index contributed by atoms with van der Waals surface area (Å²) in [6.07, 6.45) is 0. The summed E-state index contributed by atoms with van der Waals surface area (Å²) in [7, 11) is 0. The zero-order chi connectivity index (χ0) is 25.4. The van der Waals surface area contributed by atoms with Crippen LogP contribution in [-0.2, 0) is 14.3 Å². The Morgan fingerprint density at radius 2 is 1.69 bits per heavy atom. The first-order chi connectivity index (χ1) is 16.8. The van der Waals surface area contributed by atoms with Crippen LogP contribution in [0, 0.1) is 12.8 Å². The summed E-state index contributed by atoms with van der Waals surface area (Å²) in [5.74, 6) is -1.64. The molecule has 0 spiro atoms. The molecule has 0 aliphatic carbocycles. The molecule has 2 N–H and O–H groups in total. The van der Waals surface area contributed by atoms with Gasteiger partial charge in [0.05, 0.1) is 0 Å². The van der Waals surface area contributed by atoms with Gasteiger partial charge in [-0.3, -0.25) is 9.59 Å². The molecule has 3 rings (SSSR count). The Labute approximate surface area is 207 Å². The van der Waals surface area contributed by atoms with Gasteiger partial charge in [0, 0.05) is 43.1 Å². The van der Waals surface area contributed by atoms with E-state index in [0.29, 0.717) is 11.3 Å². The maximum Gasteiger partial charge on any atom is 0.329 e. The second-order valence-electron chi connectivity index (χ2n) is 9.19. The molecule has 0 aromatic heterocycles. The van der Waals surface area contributed by atoms with Gasteiger partial charge in [-0.25, -0.2) is 4.79 Å². The summed E-state index contributed by atoms with van der Waals surface area (Å²) in [6.45, 7) is 12.4. The zero-order valence-corrected chi connectivity index (χ0v) is 21.0. The number of rotatable bonds is 9. The zero-order valence-electron chi connectivity index (χ0n) is 21.0. The van der Waals surface area contributed by atoms with Gasteiger partial charge in [-0.2, -0.15) is 0 Å². The Hall–Kier alpha value is -3.39. The van der Waals surface area contributed by atoms with Gasteiger partial charge in [0.25, 0.3) is 11.8 Å². The second-order valence-corrected chi connectivity index (χ2v) is 9.19. The minimum Gasteiger partial charge on any atom is -0.454 e. The fraction of sp³-hybridized carbons (Fsp3) is 0.444. The Balaban J connectivity index is 1.48. The van der Waals surface area contributed by atoms with Gasteiger partial charge in [-0.15, -0.1) is 0 Å². The molecular weight excluding hydrogens is 444 g/mol. The highest BCUT2D eigenvalue weighted by Crippen LogP contribution is 2.19. The molecule has 2 aromatic rings. The average Bonchev–Trinajstić information content (AvgIpc) is 2.86. The van der Waals surface area contributed by atoms with Crippen molar-refractivity contribution in [2.24, 2.45) is 5.92 Å². The molecule has 0 saturated carbocycles. The van der Waals surface area contributed by atoms with Crippen molar-refractivity contribution in [2.45, 2.75) is 33.7 Å². The fourth-order valence-electron chi connectivity index (χ4n) is 4.01. The highest BCUT2D eigenvalue weighted by molar-refractivity contribution is 5.97. The quantitative estimate of drug-likeness (QED) is 0.536. The molecule has 0 radical (unpaired) electrons. The van der Waals surface area contributed by atoms with E-state index in [4.69, 9.17) is 4.74 Å². The van der Waals surface area contributed by atoms with Crippen LogP contribution in [0.3, 0.4) is 0 Å². The number of hydrogen-bond acceptors (Lipinski definition) is 6. The SMILES string of the molecule is CCN1CCN(c2ccc(NC(=O)COC(=O)[C@@H](NC(=O)c3cccc(C)c3)C(C)C)cc2)CC1. The molecule has 2 aromatic carbocycles. The molecule has 1 aliphatic rings. The van der Waals surface area contributed by atoms with Gasteiger partial charge >= 0.3 is 5.97 Å². The summed E-state index contributed by atoms with van der Waals surface area (Å²) >= 11 is 0. The van der Waals surface area contributed by atoms with E-state index in [2.05, 4.69) is 27.4 Å². The predicted octanol–water partition coefficient (Wildman–Crippen LogP) is 3.07. The van der Waals surface area contributed by atoms with Gasteiger partial charge < -0.3 is 25.2 Å². The number of piperazine rings is 1. The van der Waals surface area contributed by atoms with Crippen molar-refractivity contribution < 1.29 is 19.1 Å². The number of carbonyl (C=O) groups excluding carboxylic acids is 3. The minimum absolute atomic E-state index is 0.203. The lowest BCUT2D eigenvalue weighted by Crippen LogP contribution is -2.46. The first-order valence-corrected chi connectivity index (χ1v) is 12.2. The first kappa shape index (κ1) is 26.2. The number of ether oxygens (including phenoxy) is 1. The molecular formula is C27H36N4O4. The largest absolute Gasteiger partial charge is 0.454 e. The fourth-order valence-corrected chi connectivity index (χ4v) is 4.01. The van der Waals surface area contributed by atoms with Crippen LogP contribution in [0.15, 0.2) is 48.5 Å². The van der Waals surface area contributed by atoms with E-state index in [1.807, 2.05) is 51.1 Å². The van der Waals surface area contributed by atoms with Crippen molar-refractivity contribution in [3.63, 3.8) is 0 Å². The van der Waals surface area contributed by atoms with Crippen molar-refractivity contribution in [1.29, 1.82) is 0 Å². The lowest BCUT2D eigenvalue weighted by atomic mass is 10.0. The number of hydrogen-bond donors (Lipinski definition) is 2. The molecule has 8 heteroatoms. The molecule has 2 amide bonds. The van der Waals surface area contributed by atoms with Gasteiger partial charge in [0.1, 0.15) is 6.04 Å². The third kappa shape index (κ3) is 7.55. The number of anilines is 2. The molecule has 0 bridgehead atoms. The van der Waals surface area contributed by atoms with Crippen LogP contribution in [0.4, 0.5) is 11.4 Å². The Morgan fingerprint density at radius 1 is 1.00 bits per heavy atom. The van der Waals surface area contributed by atoms with Gasteiger partial charge in [0.15, 0.2) is 6.61 Å². The maximum absolute atomic E-state index is 12.6. The number of carbonyl (C=O) groups is 3. The van der Waals surface area contributed by atoms with E-state index < -0.39 is 24.5 Å². The number of nitrogens with zero attached hydrogens (tertiary/aromatic N) is 2. The van der Waals surface area contributed by atoms with Crippen molar-refractivity contribution in [3.05, 3.63) is 59.7 Å². The van der Waals surface area contributed by atoms with Crippen LogP contribution < -0.4 is 15.5 Å². The summed E-state index contributed by atoms with van der Waals surface area (Å²) in [5.41, 5.74) is 3.17. The standard InChI is InChI=1S/C27H36N4O4/c1-5-30-13-15-31(16-14-30)23-11-9-22(10-12-23)28-24(32)18-35-27(34)25(19(2)3)29-26(33)21-8-6-7-20(4)17-21/h6-12,17,19,25H,5,13-16,18H2,1-4H3,(H,28,32)(H,29,33)/t25-/m0/s1. The number of aryl methyl sites for hydroxylation is 1. The number of benzene rings is 2. The first-order valence-electron chi connectivity index (χ1n) is 12.2. The minimum atomic E-state index is -0.858. The molecule has 1 heterocycles. The molecule has 35 heavy (non-hydrogen) atoms. The Kier molecular flexibility index (Phi) is 9.25. The number of esters is 1. The van der Waals surface area contributed by atoms with Crippen LogP contribution in [0.25, 0.3) is 0 Å². The third-order valence-electron chi connectivity index (χ3n) is 6.17. The van der Waals surface area contributed by atoms with E-state index in [1.54, 1.807) is 18.2 Å². The van der Waals surface area contributed by atoms with Crippen molar-refractivity contribution in [2.75, 3.05) is 49.5 Å². The van der Waals surface area contributed by atoms with Crippen LogP contribution in [0.1, 0.15) is 36.7 Å². The van der Waals surface area contributed by atoms with Gasteiger partial charge in [0.2, 0.25) is 0 Å². The summed E-state index contributed by atoms with van der Waals surface area (Å²) in [5, 5.41) is 5.48. The van der Waals surface area contributed by atoms with Crippen LogP contribution in [0.5, 0.6) is 0 Å². The van der Waals surface area contributed by atoms with E-state index in [1.165, 1.54) is 0 Å². The molecule has 188 valence electrons. The van der Waals surface area contributed by atoms with Crippen LogP contribution in [0.2, 0.25) is 0 Å². The Bertz CT molecular complexity index is 1010. The summed E-state index contributed by atoms with van der Waals surface area (Å²) in [6, 6.07) is 13.9. The number of amides is 2.